The molecule has 15 heteroatoms. The molecule has 188 valence electrons. The zero-order valence-electron chi connectivity index (χ0n) is 18.7. The molecule has 0 fully saturated rings. The normalized spacial score (nSPS) is 12.8. The molecule has 10 nitrogen and oxygen atoms in total. The van der Waals surface area contributed by atoms with Gasteiger partial charge in [-0.05, 0) is 12.1 Å². The second kappa shape index (κ2) is 9.57. The van der Waals surface area contributed by atoms with Crippen LogP contribution in [0.5, 0.6) is 0 Å². The number of nitrogens with two attached hydrogens (primary N) is 1. The first-order valence-corrected chi connectivity index (χ1v) is 10.3. The molecule has 1 unspecified atom stereocenters. The summed E-state index contributed by atoms with van der Waals surface area (Å²) >= 11 is 0. The Kier molecular flexibility index (Phi) is 6.49. The number of nitrogens with zero attached hydrogens (tertiary/aromatic N) is 7. The number of hydrogen-bond donors (Lipinski definition) is 3. The van der Waals surface area contributed by atoms with Crippen molar-refractivity contribution in [2.24, 2.45) is 10.7 Å². The van der Waals surface area contributed by atoms with Crippen LogP contribution in [0.3, 0.4) is 0 Å². The summed E-state index contributed by atoms with van der Waals surface area (Å²) in [6.45, 7) is 1.64. The van der Waals surface area contributed by atoms with E-state index in [-0.39, 0.29) is 45.3 Å². The van der Waals surface area contributed by atoms with Crippen molar-refractivity contribution in [3.8, 4) is 22.9 Å². The summed E-state index contributed by atoms with van der Waals surface area (Å²) in [5, 5.41) is 25.0. The molecule has 0 saturated heterocycles. The Hall–Kier alpha value is -5.00. The fraction of sp³-hybridized carbons (Fsp3) is 0.136. The largest absolute Gasteiger partial charge is 0.451 e. The van der Waals surface area contributed by atoms with Crippen LogP contribution in [0.1, 0.15) is 41.3 Å². The standard InChI is InChI=1S/C22H15F5N10/c1-10(15-8-37(36-35-15)16-3-2-12(23)4-14(16)24)18-13(5-28)17(19(34-18)20(30)33-9-29)11-6-31-21(32-7-11)22(25,26)27/h2-4,6-10,34H,1H3,(H3,29,30,33). The molecule has 4 aromatic rings. The predicted octanol–water partition coefficient (Wildman–Crippen LogP) is 3.69. The maximum Gasteiger partial charge on any atom is 0.451 e. The lowest BCUT2D eigenvalue weighted by molar-refractivity contribution is -0.144. The quantitative estimate of drug-likeness (QED) is 0.202. The number of rotatable bonds is 6. The number of nitrogens with one attached hydrogen (secondary N) is 2. The number of nitriles is 1. The molecule has 0 spiro atoms. The van der Waals surface area contributed by atoms with Crippen molar-refractivity contribution >= 4 is 12.2 Å². The number of alkyl halides is 3. The van der Waals surface area contributed by atoms with Crippen molar-refractivity contribution in [3.63, 3.8) is 0 Å². The topological polar surface area (TPSA) is 158 Å². The van der Waals surface area contributed by atoms with E-state index in [4.69, 9.17) is 11.1 Å². The average Bonchev–Trinajstić information content (AvgIpc) is 3.49. The molecule has 4 rings (SSSR count). The van der Waals surface area contributed by atoms with E-state index in [1.165, 1.54) is 12.3 Å². The van der Waals surface area contributed by atoms with Gasteiger partial charge in [-0.2, -0.15) is 18.4 Å². The molecule has 0 aliphatic heterocycles. The Balaban J connectivity index is 1.83. The first-order chi connectivity index (χ1) is 17.5. The highest BCUT2D eigenvalue weighted by atomic mass is 19.4. The van der Waals surface area contributed by atoms with Crippen LogP contribution in [0.4, 0.5) is 22.0 Å². The number of amidine groups is 1. The lowest BCUT2D eigenvalue weighted by Crippen LogP contribution is -2.16. The molecule has 0 bridgehead atoms. The van der Waals surface area contributed by atoms with E-state index in [1.54, 1.807) is 6.92 Å². The summed E-state index contributed by atoms with van der Waals surface area (Å²) in [4.78, 5) is 13.3. The van der Waals surface area contributed by atoms with Crippen LogP contribution in [0, 0.1) is 28.4 Å². The molecule has 0 aliphatic rings. The molecular formula is C22H15F5N10. The highest BCUT2D eigenvalue weighted by Gasteiger charge is 2.35. The van der Waals surface area contributed by atoms with Gasteiger partial charge in [-0.3, -0.25) is 5.41 Å². The van der Waals surface area contributed by atoms with E-state index in [1.807, 2.05) is 6.07 Å². The summed E-state index contributed by atoms with van der Waals surface area (Å²) in [6.07, 6.45) is -0.959. The first kappa shape index (κ1) is 25.1. The van der Waals surface area contributed by atoms with Gasteiger partial charge >= 0.3 is 6.18 Å². The Morgan fingerprint density at radius 2 is 1.97 bits per heavy atom. The van der Waals surface area contributed by atoms with Crippen LogP contribution in [0.25, 0.3) is 16.8 Å². The molecule has 37 heavy (non-hydrogen) atoms. The fourth-order valence-corrected chi connectivity index (χ4v) is 3.59. The van der Waals surface area contributed by atoms with E-state index in [0.29, 0.717) is 12.4 Å². The van der Waals surface area contributed by atoms with Gasteiger partial charge in [-0.25, -0.2) is 28.4 Å². The van der Waals surface area contributed by atoms with Gasteiger partial charge in [-0.15, -0.1) is 5.10 Å². The third-order valence-corrected chi connectivity index (χ3v) is 5.34. The van der Waals surface area contributed by atoms with Crippen molar-refractivity contribution < 1.29 is 22.0 Å². The second-order valence-corrected chi connectivity index (χ2v) is 7.62. The van der Waals surface area contributed by atoms with Gasteiger partial charge in [0.2, 0.25) is 5.82 Å². The van der Waals surface area contributed by atoms with Crippen LogP contribution in [-0.2, 0) is 6.18 Å². The van der Waals surface area contributed by atoms with Gasteiger partial charge < -0.3 is 10.7 Å². The molecular weight excluding hydrogens is 499 g/mol. The van der Waals surface area contributed by atoms with Crippen LogP contribution >= 0.6 is 0 Å². The van der Waals surface area contributed by atoms with Crippen LogP contribution in [0.15, 0.2) is 41.8 Å². The van der Waals surface area contributed by atoms with Gasteiger partial charge in [0.05, 0.1) is 23.1 Å². The summed E-state index contributed by atoms with van der Waals surface area (Å²) in [5.74, 6) is -3.92. The van der Waals surface area contributed by atoms with E-state index in [0.717, 1.165) is 23.1 Å². The third kappa shape index (κ3) is 4.76. The van der Waals surface area contributed by atoms with E-state index in [9.17, 15) is 27.2 Å². The molecule has 1 atom stereocenters. The Morgan fingerprint density at radius 3 is 2.57 bits per heavy atom. The number of aromatic nitrogens is 6. The highest BCUT2D eigenvalue weighted by molar-refractivity contribution is 6.06. The lowest BCUT2D eigenvalue weighted by Gasteiger charge is -2.08. The zero-order valence-corrected chi connectivity index (χ0v) is 18.7. The smallest absolute Gasteiger partial charge is 0.382 e. The number of aliphatic imine (C=N–C) groups is 1. The molecule has 3 heterocycles. The minimum absolute atomic E-state index is 0.0171. The maximum atomic E-state index is 14.2. The SMILES string of the molecule is CC(c1cn(-c2ccc(F)cc2F)nn1)c1[nH]c(C(N)=NC=N)c(-c2cnc(C(F)(F)F)nc2)c1C#N. The Bertz CT molecular complexity index is 1540. The second-order valence-electron chi connectivity index (χ2n) is 7.62. The lowest BCUT2D eigenvalue weighted by atomic mass is 9.96. The zero-order chi connectivity index (χ0) is 26.9. The highest BCUT2D eigenvalue weighted by Crippen LogP contribution is 2.36. The summed E-state index contributed by atoms with van der Waals surface area (Å²) in [6, 6.07) is 4.92. The van der Waals surface area contributed by atoms with E-state index in [2.05, 4.69) is 30.3 Å². The molecule has 4 N–H and O–H groups in total. The number of benzene rings is 1. The van der Waals surface area contributed by atoms with Crippen molar-refractivity contribution in [2.45, 2.75) is 19.0 Å². The van der Waals surface area contributed by atoms with Crippen molar-refractivity contribution in [2.75, 3.05) is 0 Å². The summed E-state index contributed by atoms with van der Waals surface area (Å²) in [7, 11) is 0. The van der Waals surface area contributed by atoms with E-state index >= 15 is 0 Å². The minimum Gasteiger partial charge on any atom is -0.382 e. The van der Waals surface area contributed by atoms with Crippen LogP contribution < -0.4 is 5.73 Å². The van der Waals surface area contributed by atoms with Crippen molar-refractivity contribution in [1.82, 2.24) is 29.9 Å². The number of hydrogen-bond acceptors (Lipinski definition) is 6. The number of halogens is 5. The van der Waals surface area contributed by atoms with Gasteiger partial charge in [-0.1, -0.05) is 12.1 Å². The molecule has 3 aromatic heterocycles. The minimum atomic E-state index is -4.77. The first-order valence-electron chi connectivity index (χ1n) is 10.3. The number of H-pyrrole nitrogens is 1. The maximum absolute atomic E-state index is 14.2. The van der Waals surface area contributed by atoms with Crippen molar-refractivity contribution in [1.29, 1.82) is 10.7 Å². The van der Waals surface area contributed by atoms with Crippen LogP contribution in [0.2, 0.25) is 0 Å². The summed E-state index contributed by atoms with van der Waals surface area (Å²) < 4.78 is 67.4. The van der Waals surface area contributed by atoms with Gasteiger partial charge in [0.25, 0.3) is 0 Å². The average molecular weight is 514 g/mol. The third-order valence-electron chi connectivity index (χ3n) is 5.34. The predicted molar refractivity (Wildman–Crippen MR) is 120 cm³/mol. The molecule has 0 radical (unpaired) electrons. The monoisotopic (exact) mass is 514 g/mol. The Labute approximate surface area is 204 Å². The van der Waals surface area contributed by atoms with Crippen LogP contribution in [-0.4, -0.2) is 42.1 Å². The molecule has 0 saturated carbocycles. The molecule has 0 aliphatic carbocycles. The summed E-state index contributed by atoms with van der Waals surface area (Å²) in [5.41, 5.74) is 6.53. The molecule has 1 aromatic carbocycles. The fourth-order valence-electron chi connectivity index (χ4n) is 3.59. The van der Waals surface area contributed by atoms with E-state index < -0.39 is 29.6 Å². The van der Waals surface area contributed by atoms with Crippen molar-refractivity contribution in [3.05, 3.63) is 76.9 Å². The molecule has 0 amide bonds. The van der Waals surface area contributed by atoms with Gasteiger partial charge in [0.15, 0.2) is 5.82 Å². The van der Waals surface area contributed by atoms with Gasteiger partial charge in [0.1, 0.15) is 29.7 Å². The Morgan fingerprint density at radius 1 is 1.27 bits per heavy atom. The number of aromatic amines is 1. The van der Waals surface area contributed by atoms with Gasteiger partial charge in [0, 0.05) is 41.2 Å².